The van der Waals surface area contributed by atoms with Crippen LogP contribution in [0.25, 0.3) is 0 Å². The van der Waals surface area contributed by atoms with E-state index in [-0.39, 0.29) is 24.0 Å². The Labute approximate surface area is 279 Å². The van der Waals surface area contributed by atoms with Crippen molar-refractivity contribution in [2.75, 3.05) is 31.6 Å². The molecule has 0 atom stereocenters. The Morgan fingerprint density at radius 1 is 0.822 bits per heavy atom. The van der Waals surface area contributed by atoms with Crippen molar-refractivity contribution in [1.82, 2.24) is 9.62 Å². The highest BCUT2D eigenvalue weighted by Gasteiger charge is 2.18. The summed E-state index contributed by atoms with van der Waals surface area (Å²) in [5.74, 6) is -0.399. The van der Waals surface area contributed by atoms with Gasteiger partial charge in [0.05, 0.1) is 22.2 Å². The summed E-state index contributed by atoms with van der Waals surface area (Å²) in [5.41, 5.74) is 0.918. The van der Waals surface area contributed by atoms with Gasteiger partial charge in [0.25, 0.3) is 0 Å². The maximum Gasteiger partial charge on any atom is 0.332 e. The van der Waals surface area contributed by atoms with Crippen LogP contribution in [0.2, 0.25) is 5.02 Å². The van der Waals surface area contributed by atoms with Gasteiger partial charge in [-0.05, 0) is 44.4 Å². The number of sulfonamides is 1. The standard InChI is InChI=1S/C35H60ClN3O5S/c1-5-9-11-12-13-14-15-16-17-18-19-20-21-22-34(40)39(26-10-6-2)27-25-37-45(42,43)31-23-24-32(36)33(29-31)38-30(7-3)28-35(41)44-8-4/h23-24,28-29,37-38H,5-22,25-27H2,1-4H3. The number of nitrogens with one attached hydrogen (secondary N) is 2. The number of benzene rings is 1. The maximum atomic E-state index is 13.1. The van der Waals surface area contributed by atoms with E-state index >= 15 is 0 Å². The number of carbonyl (C=O) groups is 2. The molecule has 0 radical (unpaired) electrons. The third kappa shape index (κ3) is 18.6. The van der Waals surface area contributed by atoms with Crippen LogP contribution < -0.4 is 10.0 Å². The van der Waals surface area contributed by atoms with Gasteiger partial charge in [-0.25, -0.2) is 17.9 Å². The topological polar surface area (TPSA) is 105 Å². The van der Waals surface area contributed by atoms with E-state index in [9.17, 15) is 18.0 Å². The van der Waals surface area contributed by atoms with E-state index in [4.69, 9.17) is 16.3 Å². The second-order valence-corrected chi connectivity index (χ2v) is 13.8. The van der Waals surface area contributed by atoms with Crippen LogP contribution in [0.5, 0.6) is 0 Å². The fraction of sp³-hybridized carbons (Fsp3) is 0.714. The molecule has 0 heterocycles. The predicted octanol–water partition coefficient (Wildman–Crippen LogP) is 9.00. The molecule has 1 aromatic rings. The Hall–Kier alpha value is -2.10. The van der Waals surface area contributed by atoms with Gasteiger partial charge in [0.15, 0.2) is 0 Å². The lowest BCUT2D eigenvalue weighted by Gasteiger charge is -2.23. The first-order valence-corrected chi connectivity index (χ1v) is 19.3. The van der Waals surface area contributed by atoms with Crippen LogP contribution in [-0.4, -0.2) is 51.4 Å². The summed E-state index contributed by atoms with van der Waals surface area (Å²) in [7, 11) is -3.85. The zero-order valence-electron chi connectivity index (χ0n) is 28.4. The number of nitrogens with zero attached hydrogens (tertiary/aromatic N) is 1. The Kier molecular flexibility index (Phi) is 22.8. The van der Waals surface area contributed by atoms with Crippen LogP contribution in [0, 0.1) is 0 Å². The largest absolute Gasteiger partial charge is 0.463 e. The third-order valence-corrected chi connectivity index (χ3v) is 9.59. The van der Waals surface area contributed by atoms with Gasteiger partial charge in [-0.15, -0.1) is 0 Å². The first kappa shape index (κ1) is 40.9. The molecule has 0 aliphatic rings. The molecule has 0 aromatic heterocycles. The van der Waals surface area contributed by atoms with E-state index < -0.39 is 16.0 Å². The Bertz CT molecular complexity index is 1110. The van der Waals surface area contributed by atoms with E-state index in [0.29, 0.717) is 42.3 Å². The molecule has 0 aliphatic carbocycles. The van der Waals surface area contributed by atoms with Crippen molar-refractivity contribution < 1.29 is 22.7 Å². The molecule has 8 nitrogen and oxygen atoms in total. The molecule has 45 heavy (non-hydrogen) atoms. The summed E-state index contributed by atoms with van der Waals surface area (Å²) in [5, 5.41) is 3.37. The number of halogens is 1. The van der Waals surface area contributed by atoms with Crippen molar-refractivity contribution >= 4 is 39.2 Å². The van der Waals surface area contributed by atoms with Gasteiger partial charge in [0.2, 0.25) is 15.9 Å². The lowest BCUT2D eigenvalue weighted by atomic mass is 10.0. The van der Waals surface area contributed by atoms with Gasteiger partial charge in [0.1, 0.15) is 0 Å². The highest BCUT2D eigenvalue weighted by molar-refractivity contribution is 7.89. The highest BCUT2D eigenvalue weighted by Crippen LogP contribution is 2.27. The predicted molar refractivity (Wildman–Crippen MR) is 187 cm³/mol. The quantitative estimate of drug-likeness (QED) is 0.0550. The number of hydrogen-bond donors (Lipinski definition) is 2. The van der Waals surface area contributed by atoms with Crippen LogP contribution in [0.1, 0.15) is 137 Å². The summed E-state index contributed by atoms with van der Waals surface area (Å²) in [6.07, 6.45) is 20.6. The van der Waals surface area contributed by atoms with E-state index in [1.54, 1.807) is 11.8 Å². The van der Waals surface area contributed by atoms with Gasteiger partial charge in [0, 0.05) is 37.8 Å². The van der Waals surface area contributed by atoms with Crippen LogP contribution in [-0.2, 0) is 24.3 Å². The zero-order chi connectivity index (χ0) is 33.3. The normalized spacial score (nSPS) is 11.9. The molecule has 0 saturated heterocycles. The fourth-order valence-electron chi connectivity index (χ4n) is 5.05. The number of amides is 1. The van der Waals surface area contributed by atoms with Crippen LogP contribution in [0.4, 0.5) is 5.69 Å². The van der Waals surface area contributed by atoms with Crippen LogP contribution in [0.15, 0.2) is 34.9 Å². The lowest BCUT2D eigenvalue weighted by molar-refractivity contribution is -0.137. The number of allylic oxidation sites excluding steroid dienone is 1. The number of anilines is 1. The third-order valence-electron chi connectivity index (χ3n) is 7.81. The minimum absolute atomic E-state index is 0.0411. The van der Waals surface area contributed by atoms with E-state index in [0.717, 1.165) is 32.1 Å². The lowest BCUT2D eigenvalue weighted by Crippen LogP contribution is -2.39. The molecular formula is C35H60ClN3O5S. The molecule has 0 bridgehead atoms. The fourth-order valence-corrected chi connectivity index (χ4v) is 6.27. The Morgan fingerprint density at radius 3 is 1.96 bits per heavy atom. The van der Waals surface area contributed by atoms with Gasteiger partial charge in [-0.2, -0.15) is 0 Å². The molecule has 0 fully saturated rings. The molecule has 0 unspecified atom stereocenters. The Balaban J connectivity index is 2.53. The average Bonchev–Trinajstić information content (AvgIpc) is 3.01. The van der Waals surface area contributed by atoms with E-state index in [1.807, 2.05) is 6.92 Å². The molecule has 10 heteroatoms. The molecule has 1 rings (SSSR count). The zero-order valence-corrected chi connectivity index (χ0v) is 30.0. The summed E-state index contributed by atoms with van der Waals surface area (Å²) < 4.78 is 33.8. The molecule has 0 aliphatic heterocycles. The number of unbranched alkanes of at least 4 members (excludes halogenated alkanes) is 13. The number of ether oxygens (including phenoxy) is 1. The summed E-state index contributed by atoms with van der Waals surface area (Å²) in [6.45, 7) is 9.23. The number of hydrogen-bond acceptors (Lipinski definition) is 6. The molecule has 2 N–H and O–H groups in total. The molecule has 1 amide bonds. The van der Waals surface area contributed by atoms with Crippen molar-refractivity contribution in [3.8, 4) is 0 Å². The second kappa shape index (κ2) is 25.0. The molecule has 258 valence electrons. The van der Waals surface area contributed by atoms with Gasteiger partial charge >= 0.3 is 5.97 Å². The summed E-state index contributed by atoms with van der Waals surface area (Å²) in [6, 6.07) is 4.38. The molecule has 1 aromatic carbocycles. The number of esters is 1. The van der Waals surface area contributed by atoms with Crippen molar-refractivity contribution in [2.24, 2.45) is 0 Å². The minimum atomic E-state index is -3.85. The number of rotatable bonds is 27. The highest BCUT2D eigenvalue weighted by atomic mass is 35.5. The first-order chi connectivity index (χ1) is 21.7. The van der Waals surface area contributed by atoms with Gasteiger partial charge in [-0.1, -0.05) is 116 Å². The van der Waals surface area contributed by atoms with Crippen molar-refractivity contribution in [1.29, 1.82) is 0 Å². The monoisotopic (exact) mass is 669 g/mol. The van der Waals surface area contributed by atoms with Crippen molar-refractivity contribution in [3.63, 3.8) is 0 Å². The second-order valence-electron chi connectivity index (χ2n) is 11.7. The summed E-state index contributed by atoms with van der Waals surface area (Å²) in [4.78, 5) is 26.7. The van der Waals surface area contributed by atoms with Crippen molar-refractivity contribution in [3.05, 3.63) is 35.0 Å². The maximum absolute atomic E-state index is 13.1. The van der Waals surface area contributed by atoms with E-state index in [1.165, 1.54) is 88.5 Å². The molecule has 0 saturated carbocycles. The van der Waals surface area contributed by atoms with E-state index in [2.05, 4.69) is 23.9 Å². The minimum Gasteiger partial charge on any atom is -0.463 e. The smallest absolute Gasteiger partial charge is 0.332 e. The molecule has 0 spiro atoms. The first-order valence-electron chi connectivity index (χ1n) is 17.4. The average molecular weight is 670 g/mol. The number of carbonyl (C=O) groups excluding carboxylic acids is 2. The summed E-state index contributed by atoms with van der Waals surface area (Å²) >= 11 is 6.32. The van der Waals surface area contributed by atoms with Crippen LogP contribution in [0.3, 0.4) is 0 Å². The van der Waals surface area contributed by atoms with Gasteiger partial charge < -0.3 is 15.0 Å². The van der Waals surface area contributed by atoms with Crippen molar-refractivity contribution in [2.45, 2.75) is 142 Å². The van der Waals surface area contributed by atoms with Gasteiger partial charge in [-0.3, -0.25) is 4.79 Å². The molecular weight excluding hydrogens is 610 g/mol. The van der Waals surface area contributed by atoms with Crippen LogP contribution >= 0.6 is 11.6 Å². The SMILES string of the molecule is CCCCCCCCCCCCCCCC(=O)N(CCCC)CCNS(=O)(=O)c1ccc(Cl)c(NC(=CC(=O)OCC)CC)c1. The Morgan fingerprint density at radius 2 is 1.40 bits per heavy atom.